The Hall–Kier alpha value is -3.91. The van der Waals surface area contributed by atoms with E-state index in [9.17, 15) is 14.0 Å². The number of nitrogens with one attached hydrogen (secondary N) is 3. The summed E-state index contributed by atoms with van der Waals surface area (Å²) in [6, 6.07) is 17.7. The minimum atomic E-state index is -0.630. The molecule has 3 N–H and O–H groups in total. The number of rotatable bonds is 10. The fourth-order valence-electron chi connectivity index (χ4n) is 5.68. The van der Waals surface area contributed by atoms with E-state index in [-0.39, 0.29) is 17.6 Å². The number of benzene rings is 3. The summed E-state index contributed by atoms with van der Waals surface area (Å²) in [6.45, 7) is 6.27. The fraction of sp³-hybridized carbons (Fsp3) is 0.412. The molecule has 1 saturated heterocycles. The number of carbonyl (C=O) groups excluding carboxylic acids is 2. The summed E-state index contributed by atoms with van der Waals surface area (Å²) >= 11 is 0. The maximum absolute atomic E-state index is 13.6. The van der Waals surface area contributed by atoms with Crippen molar-refractivity contribution in [2.45, 2.75) is 57.6 Å². The first-order valence-corrected chi connectivity index (χ1v) is 14.9. The average Bonchev–Trinajstić information content (AvgIpc) is 3.39. The largest absolute Gasteiger partial charge is 0.493 e. The van der Waals surface area contributed by atoms with Crippen LogP contribution in [0.3, 0.4) is 0 Å². The molecule has 2 aliphatic rings. The molecular weight excluding hydrogens is 533 g/mol. The van der Waals surface area contributed by atoms with Crippen LogP contribution in [0.1, 0.15) is 73.0 Å². The highest BCUT2D eigenvalue weighted by Gasteiger charge is 2.40. The standard InChI is InChI=1S/C34H40FN3O4/c1-21(2)20-38-33(39)24-10-13-29(41-17-15-26-6-4-5-16-37-26)27(19-24)23-9-14-30-28(18-23)31(34(40)36-3)32(42-30)22-7-11-25(35)12-8-22/h7-14,18-19,21,26,31-32,37H,4-6,15-17,20H2,1-3H3,(H,36,40)(H,38,39). The molecular formula is C34H40FN3O4. The predicted octanol–water partition coefficient (Wildman–Crippen LogP) is 5.75. The van der Waals surface area contributed by atoms with Crippen LogP contribution < -0.4 is 25.4 Å². The summed E-state index contributed by atoms with van der Waals surface area (Å²) in [5, 5.41) is 9.32. The molecule has 2 heterocycles. The van der Waals surface area contributed by atoms with Crippen molar-refractivity contribution in [2.75, 3.05) is 26.7 Å². The summed E-state index contributed by atoms with van der Waals surface area (Å²) in [6.07, 6.45) is 3.88. The van der Waals surface area contributed by atoms with Crippen molar-refractivity contribution in [1.82, 2.24) is 16.0 Å². The number of hydrogen-bond donors (Lipinski definition) is 3. The third-order valence-electron chi connectivity index (χ3n) is 7.99. The van der Waals surface area contributed by atoms with Gasteiger partial charge in [-0.15, -0.1) is 0 Å². The molecule has 8 heteroatoms. The Balaban J connectivity index is 1.48. The van der Waals surface area contributed by atoms with Gasteiger partial charge in [-0.05, 0) is 85.3 Å². The van der Waals surface area contributed by atoms with Crippen molar-refractivity contribution in [3.05, 3.63) is 83.2 Å². The van der Waals surface area contributed by atoms with Gasteiger partial charge in [-0.3, -0.25) is 9.59 Å². The second-order valence-electron chi connectivity index (χ2n) is 11.5. The molecule has 0 saturated carbocycles. The van der Waals surface area contributed by atoms with Crippen LogP contribution in [-0.2, 0) is 4.79 Å². The lowest BCUT2D eigenvalue weighted by molar-refractivity contribution is -0.123. The maximum atomic E-state index is 13.6. The summed E-state index contributed by atoms with van der Waals surface area (Å²) in [5.74, 6) is 0.282. The lowest BCUT2D eigenvalue weighted by atomic mass is 9.88. The number of likely N-dealkylation sites (N-methyl/N-ethyl adjacent to an activating group) is 1. The lowest BCUT2D eigenvalue weighted by Crippen LogP contribution is -2.35. The Kier molecular flexibility index (Phi) is 9.42. The Morgan fingerprint density at radius 3 is 2.60 bits per heavy atom. The minimum Gasteiger partial charge on any atom is -0.493 e. The van der Waals surface area contributed by atoms with E-state index in [1.165, 1.54) is 25.0 Å². The first-order chi connectivity index (χ1) is 20.3. The highest BCUT2D eigenvalue weighted by molar-refractivity contribution is 5.96. The molecule has 42 heavy (non-hydrogen) atoms. The highest BCUT2D eigenvalue weighted by Crippen LogP contribution is 2.48. The van der Waals surface area contributed by atoms with Gasteiger partial charge in [-0.2, -0.15) is 0 Å². The van der Waals surface area contributed by atoms with Crippen LogP contribution in [0.2, 0.25) is 0 Å². The molecule has 1 fully saturated rings. The van der Waals surface area contributed by atoms with Gasteiger partial charge in [-0.1, -0.05) is 38.5 Å². The van der Waals surface area contributed by atoms with Gasteiger partial charge >= 0.3 is 0 Å². The number of amides is 2. The first kappa shape index (κ1) is 29.6. The summed E-state index contributed by atoms with van der Waals surface area (Å²) in [7, 11) is 1.60. The summed E-state index contributed by atoms with van der Waals surface area (Å²) < 4.78 is 26.2. The van der Waals surface area contributed by atoms with Crippen LogP contribution in [0.5, 0.6) is 11.5 Å². The molecule has 222 valence electrons. The zero-order valence-corrected chi connectivity index (χ0v) is 24.5. The molecule has 3 aromatic carbocycles. The second kappa shape index (κ2) is 13.4. The van der Waals surface area contributed by atoms with Crippen LogP contribution in [0.25, 0.3) is 11.1 Å². The monoisotopic (exact) mass is 573 g/mol. The van der Waals surface area contributed by atoms with Crippen molar-refractivity contribution in [2.24, 2.45) is 5.92 Å². The minimum absolute atomic E-state index is 0.146. The van der Waals surface area contributed by atoms with Gasteiger partial charge in [0.15, 0.2) is 0 Å². The zero-order chi connectivity index (χ0) is 29.6. The van der Waals surface area contributed by atoms with Gasteiger partial charge in [-0.25, -0.2) is 4.39 Å². The van der Waals surface area contributed by atoms with Gasteiger partial charge in [0.2, 0.25) is 5.91 Å². The van der Waals surface area contributed by atoms with Crippen LogP contribution in [0, 0.1) is 11.7 Å². The molecule has 3 unspecified atom stereocenters. The smallest absolute Gasteiger partial charge is 0.251 e. The van der Waals surface area contributed by atoms with Crippen molar-refractivity contribution in [1.29, 1.82) is 0 Å². The SMILES string of the molecule is CNC(=O)C1c2cc(-c3cc(C(=O)NCC(C)C)ccc3OCCC3CCCCN3)ccc2OC1c1ccc(F)cc1. The maximum Gasteiger partial charge on any atom is 0.251 e. The van der Waals surface area contributed by atoms with Gasteiger partial charge in [0.05, 0.1) is 6.61 Å². The molecule has 2 amide bonds. The van der Waals surface area contributed by atoms with Crippen LogP contribution in [0.4, 0.5) is 4.39 Å². The molecule has 0 aromatic heterocycles. The molecule has 0 radical (unpaired) electrons. The van der Waals surface area contributed by atoms with E-state index < -0.39 is 12.0 Å². The Morgan fingerprint density at radius 2 is 1.88 bits per heavy atom. The number of ether oxygens (including phenoxy) is 2. The molecule has 2 aliphatic heterocycles. The summed E-state index contributed by atoms with van der Waals surface area (Å²) in [5.41, 5.74) is 3.57. The van der Waals surface area contributed by atoms with Crippen molar-refractivity contribution >= 4 is 11.8 Å². The fourth-order valence-corrected chi connectivity index (χ4v) is 5.68. The lowest BCUT2D eigenvalue weighted by Gasteiger charge is -2.23. The van der Waals surface area contributed by atoms with E-state index in [2.05, 4.69) is 29.8 Å². The van der Waals surface area contributed by atoms with E-state index in [1.807, 2.05) is 30.3 Å². The van der Waals surface area contributed by atoms with E-state index in [4.69, 9.17) is 9.47 Å². The molecule has 0 aliphatic carbocycles. The molecule has 7 nitrogen and oxygen atoms in total. The Morgan fingerprint density at radius 1 is 1.07 bits per heavy atom. The molecule has 0 spiro atoms. The topological polar surface area (TPSA) is 88.7 Å². The van der Waals surface area contributed by atoms with Crippen LogP contribution in [0.15, 0.2) is 60.7 Å². The van der Waals surface area contributed by atoms with E-state index in [1.54, 1.807) is 25.2 Å². The van der Waals surface area contributed by atoms with Gasteiger partial charge < -0.3 is 25.4 Å². The molecule has 3 aromatic rings. The molecule has 3 atom stereocenters. The van der Waals surface area contributed by atoms with E-state index in [0.717, 1.165) is 36.1 Å². The number of fused-ring (bicyclic) bond motifs is 1. The first-order valence-electron chi connectivity index (χ1n) is 14.9. The number of carbonyl (C=O) groups is 2. The van der Waals surface area contributed by atoms with Gasteiger partial charge in [0.1, 0.15) is 29.3 Å². The van der Waals surface area contributed by atoms with Crippen molar-refractivity contribution < 1.29 is 23.5 Å². The van der Waals surface area contributed by atoms with Crippen LogP contribution >= 0.6 is 0 Å². The van der Waals surface area contributed by atoms with Crippen LogP contribution in [-0.4, -0.2) is 44.6 Å². The molecule has 5 rings (SSSR count). The third kappa shape index (κ3) is 6.76. The number of halogens is 1. The van der Waals surface area contributed by atoms with E-state index in [0.29, 0.717) is 47.7 Å². The number of piperidine rings is 1. The predicted molar refractivity (Wildman–Crippen MR) is 161 cm³/mol. The van der Waals surface area contributed by atoms with E-state index >= 15 is 0 Å². The number of hydrogen-bond acceptors (Lipinski definition) is 5. The van der Waals surface area contributed by atoms with Crippen molar-refractivity contribution in [3.63, 3.8) is 0 Å². The van der Waals surface area contributed by atoms with Gasteiger partial charge in [0.25, 0.3) is 5.91 Å². The van der Waals surface area contributed by atoms with Gasteiger partial charge in [0, 0.05) is 36.3 Å². The second-order valence-corrected chi connectivity index (χ2v) is 11.5. The third-order valence-corrected chi connectivity index (χ3v) is 7.99. The normalized spacial score (nSPS) is 19.6. The Bertz CT molecular complexity index is 1400. The molecule has 0 bridgehead atoms. The van der Waals surface area contributed by atoms with Crippen molar-refractivity contribution in [3.8, 4) is 22.6 Å². The Labute approximate surface area is 247 Å². The summed E-state index contributed by atoms with van der Waals surface area (Å²) in [4.78, 5) is 26.2. The average molecular weight is 574 g/mol. The zero-order valence-electron chi connectivity index (χ0n) is 24.5. The highest BCUT2D eigenvalue weighted by atomic mass is 19.1. The quantitative estimate of drug-likeness (QED) is 0.287.